The summed E-state index contributed by atoms with van der Waals surface area (Å²) in [6, 6.07) is 7.53. The number of hydrogen-bond acceptors (Lipinski definition) is 5. The molecule has 106 valence electrons. The van der Waals surface area contributed by atoms with E-state index in [4.69, 9.17) is 0 Å². The molecule has 1 aromatic carbocycles. The van der Waals surface area contributed by atoms with Gasteiger partial charge in [0, 0.05) is 5.69 Å². The van der Waals surface area contributed by atoms with Crippen LogP contribution in [0.25, 0.3) is 0 Å². The van der Waals surface area contributed by atoms with Crippen LogP contribution < -0.4 is 15.1 Å². The summed E-state index contributed by atoms with van der Waals surface area (Å²) < 4.78 is 5.84. The number of nitrogens with one attached hydrogen (secondary N) is 1. The number of anilines is 1. The number of carbonyl (C=O) groups is 1. The van der Waals surface area contributed by atoms with Gasteiger partial charge in [0.15, 0.2) is 13.0 Å². The minimum Gasteiger partial charge on any atom is -0.538 e. The largest absolute Gasteiger partial charge is 0.538 e. The van der Waals surface area contributed by atoms with E-state index in [1.807, 2.05) is 31.2 Å². The van der Waals surface area contributed by atoms with Gasteiger partial charge in [-0.15, -0.1) is 0 Å². The van der Waals surface area contributed by atoms with Gasteiger partial charge in [-0.1, -0.05) is 16.8 Å². The van der Waals surface area contributed by atoms with Crippen LogP contribution in [0.1, 0.15) is 12.5 Å². The van der Waals surface area contributed by atoms with Crippen LogP contribution in [-0.4, -0.2) is 16.4 Å². The Morgan fingerprint density at radius 2 is 2.30 bits per heavy atom. The number of thioether (sulfide) groups is 1. The molecule has 1 unspecified atom stereocenters. The fourth-order valence-corrected chi connectivity index (χ4v) is 2.44. The van der Waals surface area contributed by atoms with Crippen LogP contribution in [0.4, 0.5) is 5.69 Å². The van der Waals surface area contributed by atoms with E-state index in [1.165, 1.54) is 4.68 Å². The van der Waals surface area contributed by atoms with Crippen LogP contribution in [0.3, 0.4) is 0 Å². The molecule has 1 aromatic heterocycles. The molecule has 0 saturated carbocycles. The lowest BCUT2D eigenvalue weighted by atomic mass is 10.2. The van der Waals surface area contributed by atoms with E-state index < -0.39 is 11.2 Å². The molecule has 0 radical (unpaired) electrons. The summed E-state index contributed by atoms with van der Waals surface area (Å²) in [5, 5.41) is 17.6. The van der Waals surface area contributed by atoms with Crippen molar-refractivity contribution in [3.05, 3.63) is 29.8 Å². The van der Waals surface area contributed by atoms with Gasteiger partial charge in [-0.05, 0) is 43.3 Å². The van der Waals surface area contributed by atoms with Gasteiger partial charge in [0.1, 0.15) is 0 Å². The molecule has 0 aliphatic heterocycles. The standard InChI is InChI=1S/C13H15N3O3S/c1-8-5-4-6-10(7-8)14-11(17)9(2)20-12-13(18)19-15-16(12)3/h4-7,9H,1-3H3,(H-,14,15,17,18). The van der Waals surface area contributed by atoms with Crippen LogP contribution in [0.2, 0.25) is 0 Å². The van der Waals surface area contributed by atoms with Gasteiger partial charge >= 0.3 is 0 Å². The molecule has 1 heterocycles. The average molecular weight is 293 g/mol. The molecule has 0 aliphatic rings. The van der Waals surface area contributed by atoms with Crippen molar-refractivity contribution in [2.24, 2.45) is 7.05 Å². The molecular formula is C13H15N3O3S. The molecule has 0 saturated heterocycles. The van der Waals surface area contributed by atoms with Crippen molar-refractivity contribution in [1.29, 1.82) is 0 Å². The molecule has 0 fully saturated rings. The Morgan fingerprint density at radius 1 is 1.55 bits per heavy atom. The van der Waals surface area contributed by atoms with Crippen LogP contribution >= 0.6 is 11.8 Å². The van der Waals surface area contributed by atoms with Gasteiger partial charge < -0.3 is 14.9 Å². The number of carbonyl (C=O) groups excluding carboxylic acids is 1. The molecule has 1 amide bonds. The first-order valence-electron chi connectivity index (χ1n) is 6.04. The van der Waals surface area contributed by atoms with E-state index in [-0.39, 0.29) is 5.91 Å². The van der Waals surface area contributed by atoms with Gasteiger partial charge in [0.2, 0.25) is 5.91 Å². The zero-order valence-electron chi connectivity index (χ0n) is 11.4. The predicted molar refractivity (Wildman–Crippen MR) is 72.3 cm³/mol. The number of rotatable bonds is 4. The lowest BCUT2D eigenvalue weighted by molar-refractivity contribution is -0.772. The zero-order chi connectivity index (χ0) is 14.7. The van der Waals surface area contributed by atoms with Crippen molar-refractivity contribution in [1.82, 2.24) is 5.27 Å². The maximum Gasteiger partial charge on any atom is 0.291 e. The van der Waals surface area contributed by atoms with Crippen molar-refractivity contribution in [2.45, 2.75) is 24.1 Å². The molecule has 0 spiro atoms. The molecule has 6 nitrogen and oxygen atoms in total. The molecule has 2 rings (SSSR count). The first-order valence-corrected chi connectivity index (χ1v) is 6.92. The Morgan fingerprint density at radius 3 is 2.90 bits per heavy atom. The van der Waals surface area contributed by atoms with E-state index in [0.29, 0.717) is 5.03 Å². The fraction of sp³-hybridized carbons (Fsp3) is 0.308. The predicted octanol–water partition coefficient (Wildman–Crippen LogP) is 1.00. The molecule has 1 atom stereocenters. The highest BCUT2D eigenvalue weighted by Crippen LogP contribution is 2.26. The van der Waals surface area contributed by atoms with E-state index in [2.05, 4.69) is 15.1 Å². The molecule has 0 aliphatic carbocycles. The van der Waals surface area contributed by atoms with Gasteiger partial charge in [-0.2, -0.15) is 0 Å². The number of nitrogens with zero attached hydrogens (tertiary/aromatic N) is 2. The van der Waals surface area contributed by atoms with Crippen molar-refractivity contribution in [3.8, 4) is 5.95 Å². The second kappa shape index (κ2) is 5.96. The summed E-state index contributed by atoms with van der Waals surface area (Å²) in [4.78, 5) is 12.1. The number of aryl methyl sites for hydroxylation is 2. The maximum atomic E-state index is 12.1. The Kier molecular flexibility index (Phi) is 4.29. The highest BCUT2D eigenvalue weighted by Gasteiger charge is 2.22. The van der Waals surface area contributed by atoms with Crippen molar-refractivity contribution in [2.75, 3.05) is 5.32 Å². The smallest absolute Gasteiger partial charge is 0.291 e. The number of amides is 1. The molecule has 0 bridgehead atoms. The van der Waals surface area contributed by atoms with Crippen LogP contribution in [0, 0.1) is 6.92 Å². The van der Waals surface area contributed by atoms with Crippen LogP contribution in [-0.2, 0) is 11.8 Å². The first kappa shape index (κ1) is 14.4. The monoisotopic (exact) mass is 293 g/mol. The number of aromatic nitrogens is 2. The SMILES string of the molecule is Cc1cccc(NC(=O)C(C)Sc2c([O-])on[n+]2C)c1. The van der Waals surface area contributed by atoms with Gasteiger partial charge in [0.25, 0.3) is 5.03 Å². The molecule has 1 N–H and O–H groups in total. The third-order valence-electron chi connectivity index (χ3n) is 2.66. The number of benzene rings is 1. The topological polar surface area (TPSA) is 82.1 Å². The van der Waals surface area contributed by atoms with Gasteiger partial charge in [0.05, 0.1) is 10.5 Å². The summed E-state index contributed by atoms with van der Waals surface area (Å²) in [7, 11) is 1.60. The molecule has 20 heavy (non-hydrogen) atoms. The average Bonchev–Trinajstić information content (AvgIpc) is 2.70. The second-order valence-electron chi connectivity index (χ2n) is 4.41. The third kappa shape index (κ3) is 3.30. The Balaban J connectivity index is 2.02. The minimum atomic E-state index is -0.535. The summed E-state index contributed by atoms with van der Waals surface area (Å²) in [6.45, 7) is 3.68. The van der Waals surface area contributed by atoms with Crippen molar-refractivity contribution >= 4 is 23.4 Å². The van der Waals surface area contributed by atoms with Crippen LogP contribution in [0.15, 0.2) is 33.8 Å². The Labute approximate surface area is 120 Å². The second-order valence-corrected chi connectivity index (χ2v) is 5.74. The summed E-state index contributed by atoms with van der Waals surface area (Å²) >= 11 is 1.12. The van der Waals surface area contributed by atoms with Crippen molar-refractivity contribution < 1.29 is 19.1 Å². The van der Waals surface area contributed by atoms with E-state index in [9.17, 15) is 9.90 Å². The highest BCUT2D eigenvalue weighted by molar-refractivity contribution is 8.00. The van der Waals surface area contributed by atoms with Crippen molar-refractivity contribution in [3.63, 3.8) is 0 Å². The Hall–Kier alpha value is -2.02. The third-order valence-corrected chi connectivity index (χ3v) is 3.88. The highest BCUT2D eigenvalue weighted by atomic mass is 32.2. The summed E-state index contributed by atoms with van der Waals surface area (Å²) in [6.07, 6.45) is 0. The Bertz CT molecular complexity index is 608. The first-order chi connectivity index (χ1) is 9.47. The number of hydrogen-bond donors (Lipinski definition) is 1. The minimum absolute atomic E-state index is 0.179. The lowest BCUT2D eigenvalue weighted by Crippen LogP contribution is -2.33. The lowest BCUT2D eigenvalue weighted by Gasteiger charge is -2.10. The quantitative estimate of drug-likeness (QED) is 0.672. The molecular weight excluding hydrogens is 278 g/mol. The van der Waals surface area contributed by atoms with Gasteiger partial charge in [-0.25, -0.2) is 0 Å². The fourth-order valence-electron chi connectivity index (χ4n) is 1.62. The molecule has 7 heteroatoms. The summed E-state index contributed by atoms with van der Waals surface area (Å²) in [5.41, 5.74) is 1.80. The molecule has 2 aromatic rings. The maximum absolute atomic E-state index is 12.1. The zero-order valence-corrected chi connectivity index (χ0v) is 12.2. The van der Waals surface area contributed by atoms with E-state index >= 15 is 0 Å². The summed E-state index contributed by atoms with van der Waals surface area (Å²) in [5.74, 6) is -0.714. The normalized spacial score (nSPS) is 12.2. The van der Waals surface area contributed by atoms with E-state index in [0.717, 1.165) is 23.0 Å². The van der Waals surface area contributed by atoms with E-state index in [1.54, 1.807) is 14.0 Å². The van der Waals surface area contributed by atoms with Crippen LogP contribution in [0.5, 0.6) is 5.95 Å². The van der Waals surface area contributed by atoms with Gasteiger partial charge in [-0.3, -0.25) is 4.79 Å².